The number of nitrogens with zero attached hydrogens (tertiary/aromatic N) is 3. The van der Waals surface area contributed by atoms with E-state index in [1.165, 1.54) is 4.90 Å². The smallest absolute Gasteiger partial charge is 0.255 e. The average molecular weight is 492 g/mol. The minimum atomic E-state index is -0.683. The summed E-state index contributed by atoms with van der Waals surface area (Å²) < 4.78 is 5.56. The minimum absolute atomic E-state index is 0.0251. The van der Waals surface area contributed by atoms with E-state index in [1.807, 2.05) is 0 Å². The largest absolute Gasteiger partial charge is 0.486 e. The van der Waals surface area contributed by atoms with Crippen molar-refractivity contribution in [2.75, 3.05) is 13.2 Å². The third kappa shape index (κ3) is 6.01. The minimum Gasteiger partial charge on any atom is -0.486 e. The van der Waals surface area contributed by atoms with Crippen LogP contribution < -0.4 is 15.8 Å². The molecule has 1 fully saturated rings. The van der Waals surface area contributed by atoms with Crippen molar-refractivity contribution in [3.05, 3.63) is 53.6 Å². The number of ether oxygens (including phenoxy) is 1. The second-order valence-electron chi connectivity index (χ2n) is 8.82. The molecule has 0 saturated carbocycles. The summed E-state index contributed by atoms with van der Waals surface area (Å²) in [4.78, 5) is 50.1. The lowest BCUT2D eigenvalue weighted by atomic mass is 10.0. The van der Waals surface area contributed by atoms with E-state index in [0.29, 0.717) is 47.6 Å². The van der Waals surface area contributed by atoms with E-state index in [2.05, 4.69) is 15.5 Å². The Bertz CT molecular complexity index is 1180. The third-order valence-electron chi connectivity index (χ3n) is 6.23. The van der Waals surface area contributed by atoms with Crippen LogP contribution in [0.5, 0.6) is 5.75 Å². The first-order chi connectivity index (χ1) is 17.5. The Hall–Kier alpha value is -3.92. The number of piperidine rings is 1. The zero-order chi connectivity index (χ0) is 25.5. The zero-order valence-electron chi connectivity index (χ0n) is 19.9. The van der Waals surface area contributed by atoms with Gasteiger partial charge in [-0.05, 0) is 62.2 Å². The molecule has 2 aromatic carbocycles. The first kappa shape index (κ1) is 25.2. The van der Waals surface area contributed by atoms with Gasteiger partial charge in [-0.1, -0.05) is 12.5 Å². The van der Waals surface area contributed by atoms with E-state index in [1.54, 1.807) is 42.5 Å². The highest BCUT2D eigenvalue weighted by molar-refractivity contribution is 6.06. The van der Waals surface area contributed by atoms with Gasteiger partial charge in [0.1, 0.15) is 18.4 Å². The maximum Gasteiger partial charge on any atom is 0.255 e. The maximum absolute atomic E-state index is 12.9. The number of carbonyl (C=O) groups is 4. The molecule has 2 aromatic rings. The fourth-order valence-electron chi connectivity index (χ4n) is 4.26. The molecule has 0 radical (unpaired) electrons. The van der Waals surface area contributed by atoms with Crippen molar-refractivity contribution in [2.45, 2.75) is 51.1 Å². The van der Waals surface area contributed by atoms with E-state index in [4.69, 9.17) is 10.5 Å². The van der Waals surface area contributed by atoms with Gasteiger partial charge in [0.15, 0.2) is 5.78 Å². The molecule has 10 heteroatoms. The highest BCUT2D eigenvalue weighted by Crippen LogP contribution is 2.34. The van der Waals surface area contributed by atoms with Crippen LogP contribution in [-0.2, 0) is 20.9 Å². The normalized spacial score (nSPS) is 17.4. The summed E-state index contributed by atoms with van der Waals surface area (Å²) in [5.41, 5.74) is 7.75. The fourth-order valence-corrected chi connectivity index (χ4v) is 4.26. The van der Waals surface area contributed by atoms with Crippen molar-refractivity contribution in [1.29, 1.82) is 0 Å². The quantitative estimate of drug-likeness (QED) is 0.280. The van der Waals surface area contributed by atoms with Crippen LogP contribution in [0.1, 0.15) is 54.4 Å². The fraction of sp³-hybridized carbons (Fsp3) is 0.385. The number of Topliss-reactive ketones (excluding diaryl/α,β-unsaturated/α-hetero) is 1. The third-order valence-corrected chi connectivity index (χ3v) is 6.23. The van der Waals surface area contributed by atoms with Gasteiger partial charge in [-0.25, -0.2) is 0 Å². The molecule has 1 saturated heterocycles. The van der Waals surface area contributed by atoms with Crippen LogP contribution in [0.3, 0.4) is 0 Å². The summed E-state index contributed by atoms with van der Waals surface area (Å²) in [5, 5.41) is 10.9. The number of nitrogens with one attached hydrogen (secondary N) is 1. The number of azo groups is 1. The second kappa shape index (κ2) is 11.7. The Morgan fingerprint density at radius 2 is 1.86 bits per heavy atom. The summed E-state index contributed by atoms with van der Waals surface area (Å²) in [6.07, 6.45) is 3.66. The number of imide groups is 1. The van der Waals surface area contributed by atoms with Crippen molar-refractivity contribution in [2.24, 2.45) is 16.0 Å². The van der Waals surface area contributed by atoms with Crippen LogP contribution >= 0.6 is 0 Å². The number of fused-ring (bicyclic) bond motifs is 1. The lowest BCUT2D eigenvalue weighted by Gasteiger charge is -2.29. The molecule has 4 rings (SSSR count). The molecule has 0 bridgehead atoms. The van der Waals surface area contributed by atoms with Crippen LogP contribution in [0.15, 0.2) is 52.7 Å². The standard InChI is InChI=1S/C26H29N5O5/c27-14-3-1-2-5-18(32)16-36-19-10-8-17(9-11-19)29-30-22-7-4-6-20-21(22)15-31(26(20)35)23-12-13-24(33)28-25(23)34/h4,6-11,23H,1-3,5,12-16,27H2,(H,28,33,34). The van der Waals surface area contributed by atoms with Crippen LogP contribution in [-0.4, -0.2) is 47.6 Å². The second-order valence-corrected chi connectivity index (χ2v) is 8.82. The molecule has 1 unspecified atom stereocenters. The lowest BCUT2D eigenvalue weighted by molar-refractivity contribution is -0.137. The topological polar surface area (TPSA) is 144 Å². The predicted molar refractivity (Wildman–Crippen MR) is 131 cm³/mol. The molecule has 2 aliphatic rings. The number of rotatable bonds is 11. The van der Waals surface area contributed by atoms with Crippen LogP contribution in [0.25, 0.3) is 0 Å². The van der Waals surface area contributed by atoms with Gasteiger partial charge in [-0.2, -0.15) is 10.2 Å². The van der Waals surface area contributed by atoms with E-state index in [-0.39, 0.29) is 37.2 Å². The van der Waals surface area contributed by atoms with E-state index >= 15 is 0 Å². The molecule has 0 spiro atoms. The number of ketones is 1. The Labute approximate surface area is 208 Å². The average Bonchev–Trinajstić information content (AvgIpc) is 3.21. The molecule has 188 valence electrons. The van der Waals surface area contributed by atoms with E-state index < -0.39 is 11.9 Å². The molecule has 10 nitrogen and oxygen atoms in total. The van der Waals surface area contributed by atoms with Gasteiger partial charge in [-0.15, -0.1) is 0 Å². The first-order valence-electron chi connectivity index (χ1n) is 12.1. The van der Waals surface area contributed by atoms with Gasteiger partial charge in [0.05, 0.1) is 11.4 Å². The number of carbonyl (C=O) groups excluding carboxylic acids is 4. The van der Waals surface area contributed by atoms with E-state index in [9.17, 15) is 19.2 Å². The van der Waals surface area contributed by atoms with Gasteiger partial charge < -0.3 is 15.4 Å². The molecule has 36 heavy (non-hydrogen) atoms. The molecule has 1 atom stereocenters. The van der Waals surface area contributed by atoms with Crippen molar-refractivity contribution < 1.29 is 23.9 Å². The molecule has 3 N–H and O–H groups in total. The first-order valence-corrected chi connectivity index (χ1v) is 12.1. The van der Waals surface area contributed by atoms with Gasteiger partial charge in [-0.3, -0.25) is 24.5 Å². The summed E-state index contributed by atoms with van der Waals surface area (Å²) >= 11 is 0. The number of hydrogen-bond acceptors (Lipinski definition) is 8. The number of unbranched alkanes of at least 4 members (excludes halogenated alkanes) is 2. The predicted octanol–water partition coefficient (Wildman–Crippen LogP) is 3.33. The van der Waals surface area contributed by atoms with Crippen molar-refractivity contribution in [3.63, 3.8) is 0 Å². The molecule has 2 heterocycles. The Balaban J connectivity index is 1.36. The SMILES string of the molecule is NCCCCCC(=O)COc1ccc(N=Nc2cccc3c2CN(C2CCC(=O)NC2=O)C3=O)cc1. The number of hydrogen-bond donors (Lipinski definition) is 2. The Kier molecular flexibility index (Phi) is 8.17. The number of amides is 3. The van der Waals surface area contributed by atoms with Crippen molar-refractivity contribution in [3.8, 4) is 5.75 Å². The lowest BCUT2D eigenvalue weighted by Crippen LogP contribution is -2.52. The van der Waals surface area contributed by atoms with Crippen LogP contribution in [0, 0.1) is 0 Å². The van der Waals surface area contributed by atoms with Crippen molar-refractivity contribution in [1.82, 2.24) is 10.2 Å². The highest BCUT2D eigenvalue weighted by atomic mass is 16.5. The zero-order valence-corrected chi connectivity index (χ0v) is 19.9. The summed E-state index contributed by atoms with van der Waals surface area (Å²) in [6.45, 7) is 0.889. The van der Waals surface area contributed by atoms with Crippen molar-refractivity contribution >= 4 is 34.9 Å². The van der Waals surface area contributed by atoms with Gasteiger partial charge in [0.2, 0.25) is 11.8 Å². The van der Waals surface area contributed by atoms with Gasteiger partial charge in [0, 0.05) is 30.5 Å². The monoisotopic (exact) mass is 491 g/mol. The number of benzene rings is 2. The molecule has 0 aliphatic carbocycles. The van der Waals surface area contributed by atoms with E-state index in [0.717, 1.165) is 19.3 Å². The summed E-state index contributed by atoms with van der Waals surface area (Å²) in [5.74, 6) is -0.417. The Morgan fingerprint density at radius 3 is 2.61 bits per heavy atom. The number of nitrogens with two attached hydrogens (primary N) is 1. The molecular formula is C26H29N5O5. The molecular weight excluding hydrogens is 462 g/mol. The molecule has 2 aliphatic heterocycles. The summed E-state index contributed by atoms with van der Waals surface area (Å²) in [7, 11) is 0. The summed E-state index contributed by atoms with van der Waals surface area (Å²) in [6, 6.07) is 11.4. The highest BCUT2D eigenvalue weighted by Gasteiger charge is 2.39. The van der Waals surface area contributed by atoms with Gasteiger partial charge in [0.25, 0.3) is 5.91 Å². The van der Waals surface area contributed by atoms with Crippen LogP contribution in [0.4, 0.5) is 11.4 Å². The maximum atomic E-state index is 12.9. The van der Waals surface area contributed by atoms with Gasteiger partial charge >= 0.3 is 0 Å². The van der Waals surface area contributed by atoms with Crippen LogP contribution in [0.2, 0.25) is 0 Å². The molecule has 0 aromatic heterocycles. The Morgan fingerprint density at radius 1 is 1.06 bits per heavy atom. The molecule has 3 amide bonds.